The number of hydrogen-bond donors (Lipinski definition) is 1. The van der Waals surface area contributed by atoms with E-state index < -0.39 is 11.7 Å². The van der Waals surface area contributed by atoms with E-state index in [9.17, 15) is 23.2 Å². The van der Waals surface area contributed by atoms with E-state index in [0.717, 1.165) is 6.07 Å². The third-order valence-corrected chi connectivity index (χ3v) is 4.60. The van der Waals surface area contributed by atoms with Gasteiger partial charge in [-0.05, 0) is 31.2 Å². The molecule has 8 nitrogen and oxygen atoms in total. The number of nitrogens with one attached hydrogen (secondary N) is 1. The first-order valence-corrected chi connectivity index (χ1v) is 9.61. The molecule has 0 unspecified atom stereocenters. The molecule has 0 aliphatic heterocycles. The van der Waals surface area contributed by atoms with Crippen LogP contribution in [0.2, 0.25) is 0 Å². The molecule has 32 heavy (non-hydrogen) atoms. The van der Waals surface area contributed by atoms with E-state index in [-0.39, 0.29) is 47.4 Å². The van der Waals surface area contributed by atoms with Crippen LogP contribution in [0.25, 0.3) is 22.3 Å². The van der Waals surface area contributed by atoms with Crippen molar-refractivity contribution in [1.29, 1.82) is 5.26 Å². The Morgan fingerprint density at radius 2 is 1.94 bits per heavy atom. The highest BCUT2D eigenvalue weighted by Crippen LogP contribution is 2.39. The Balaban J connectivity index is 2.05. The molecule has 0 aliphatic rings. The summed E-state index contributed by atoms with van der Waals surface area (Å²) in [5.74, 6) is 0.138. The van der Waals surface area contributed by atoms with Gasteiger partial charge in [0.1, 0.15) is 23.2 Å². The lowest BCUT2D eigenvalue weighted by Gasteiger charge is -2.20. The third-order valence-electron chi connectivity index (χ3n) is 4.60. The molecule has 1 N–H and O–H groups in total. The summed E-state index contributed by atoms with van der Waals surface area (Å²) in [4.78, 5) is 26.5. The third kappa shape index (κ3) is 4.59. The molecule has 0 saturated heterocycles. The fourth-order valence-corrected chi connectivity index (χ4v) is 3.19. The zero-order valence-electron chi connectivity index (χ0n) is 17.9. The Morgan fingerprint density at radius 3 is 2.53 bits per heavy atom. The fraction of sp³-hybridized carbons (Fsp3) is 0.333. The quantitative estimate of drug-likeness (QED) is 0.638. The normalized spacial score (nSPS) is 11.3. The maximum absolute atomic E-state index is 13.5. The van der Waals surface area contributed by atoms with Crippen LogP contribution in [0.3, 0.4) is 0 Å². The minimum Gasteiger partial charge on any atom is -0.493 e. The Morgan fingerprint density at radius 1 is 1.22 bits per heavy atom. The smallest absolute Gasteiger partial charge is 0.419 e. The van der Waals surface area contributed by atoms with Gasteiger partial charge in [0.15, 0.2) is 5.69 Å². The number of halogens is 3. The van der Waals surface area contributed by atoms with Crippen LogP contribution in [-0.2, 0) is 12.7 Å². The molecule has 2 amide bonds. The monoisotopic (exact) mass is 446 g/mol. The van der Waals surface area contributed by atoms with Gasteiger partial charge in [0, 0.05) is 26.7 Å². The van der Waals surface area contributed by atoms with E-state index in [4.69, 9.17) is 4.74 Å². The predicted molar refractivity (Wildman–Crippen MR) is 111 cm³/mol. The van der Waals surface area contributed by atoms with Crippen molar-refractivity contribution in [2.75, 3.05) is 27.7 Å². The van der Waals surface area contributed by atoms with Gasteiger partial charge < -0.3 is 19.5 Å². The number of aromatic nitrogens is 3. The summed E-state index contributed by atoms with van der Waals surface area (Å²) >= 11 is 0. The summed E-state index contributed by atoms with van der Waals surface area (Å²) in [5, 5.41) is 9.52. The van der Waals surface area contributed by atoms with Gasteiger partial charge in [0.05, 0.1) is 29.9 Å². The maximum Gasteiger partial charge on any atom is 0.419 e. The number of nitriles is 1. The number of imidazole rings is 1. The number of amides is 2. The molecule has 0 saturated carbocycles. The van der Waals surface area contributed by atoms with Crippen molar-refractivity contribution in [1.82, 2.24) is 24.8 Å². The van der Waals surface area contributed by atoms with Crippen molar-refractivity contribution in [3.8, 4) is 23.1 Å². The van der Waals surface area contributed by atoms with Gasteiger partial charge in [-0.15, -0.1) is 0 Å². The molecule has 2 heterocycles. The Labute approximate surface area is 182 Å². The summed E-state index contributed by atoms with van der Waals surface area (Å²) in [6, 6.07) is 6.86. The van der Waals surface area contributed by atoms with Gasteiger partial charge in [-0.2, -0.15) is 18.4 Å². The van der Waals surface area contributed by atoms with Crippen LogP contribution in [0.5, 0.6) is 5.75 Å². The van der Waals surface area contributed by atoms with Gasteiger partial charge in [-0.3, -0.25) is 0 Å². The molecule has 0 atom stereocenters. The summed E-state index contributed by atoms with van der Waals surface area (Å²) < 4.78 is 45.6. The number of benzene rings is 1. The minimum absolute atomic E-state index is 0.0379. The molecule has 0 aliphatic carbocycles. The molecule has 1 aromatic carbocycles. The van der Waals surface area contributed by atoms with Crippen molar-refractivity contribution in [3.63, 3.8) is 0 Å². The van der Waals surface area contributed by atoms with Gasteiger partial charge in [-0.25, -0.2) is 14.8 Å². The summed E-state index contributed by atoms with van der Waals surface area (Å²) in [6.45, 7) is 1.84. The van der Waals surface area contributed by atoms with Crippen molar-refractivity contribution < 1.29 is 22.7 Å². The number of hydrogen-bond acceptors (Lipinski definition) is 5. The van der Waals surface area contributed by atoms with Crippen molar-refractivity contribution in [3.05, 3.63) is 41.3 Å². The first-order chi connectivity index (χ1) is 15.0. The van der Waals surface area contributed by atoms with E-state index >= 15 is 0 Å². The number of H-pyrrole nitrogens is 1. The molecule has 2 aromatic heterocycles. The molecule has 0 bridgehead atoms. The number of rotatable bonds is 5. The minimum atomic E-state index is -4.62. The molecule has 0 spiro atoms. The second-order valence-electron chi connectivity index (χ2n) is 7.22. The molecule has 168 valence electrons. The van der Waals surface area contributed by atoms with E-state index in [1.807, 2.05) is 6.07 Å². The highest BCUT2D eigenvalue weighted by Gasteiger charge is 2.35. The number of pyridine rings is 1. The second-order valence-corrected chi connectivity index (χ2v) is 7.22. The number of ether oxygens (including phenoxy) is 1. The SMILES string of the molecule is CCOc1ccc(-c2cc3[nH]c(CN(C)C(=O)N(C)C)nc3c(C#N)n2)cc1C(F)(F)F. The predicted octanol–water partition coefficient (Wildman–Crippen LogP) is 4.03. The molecule has 3 rings (SSSR count). The van der Waals surface area contributed by atoms with Crippen LogP contribution in [0.1, 0.15) is 24.0 Å². The number of aromatic amines is 1. The second kappa shape index (κ2) is 8.74. The van der Waals surface area contributed by atoms with Crippen LogP contribution >= 0.6 is 0 Å². The molecule has 3 aromatic rings. The Kier molecular flexibility index (Phi) is 6.25. The number of nitrogens with zero attached hydrogens (tertiary/aromatic N) is 5. The first kappa shape index (κ1) is 22.9. The molecule has 0 fully saturated rings. The number of carbonyl (C=O) groups is 1. The Bertz CT molecular complexity index is 1200. The number of alkyl halides is 3. The highest BCUT2D eigenvalue weighted by molar-refractivity contribution is 5.84. The molecular formula is C21H21F3N6O2. The van der Waals surface area contributed by atoms with Crippen molar-refractivity contribution in [2.24, 2.45) is 0 Å². The maximum atomic E-state index is 13.5. The Hall–Kier alpha value is -3.81. The molecular weight excluding hydrogens is 425 g/mol. The lowest BCUT2D eigenvalue weighted by atomic mass is 10.1. The van der Waals surface area contributed by atoms with E-state index in [1.165, 1.54) is 28.0 Å². The average molecular weight is 446 g/mol. The summed E-state index contributed by atoms with van der Waals surface area (Å²) in [6.07, 6.45) is -4.62. The zero-order valence-corrected chi connectivity index (χ0v) is 17.9. The highest BCUT2D eigenvalue weighted by atomic mass is 19.4. The van der Waals surface area contributed by atoms with Crippen LogP contribution < -0.4 is 4.74 Å². The van der Waals surface area contributed by atoms with Gasteiger partial charge in [0.2, 0.25) is 0 Å². The first-order valence-electron chi connectivity index (χ1n) is 9.61. The summed E-state index contributed by atoms with van der Waals surface area (Å²) in [7, 11) is 4.84. The van der Waals surface area contributed by atoms with Crippen LogP contribution in [-0.4, -0.2) is 58.5 Å². The molecule has 11 heteroatoms. The average Bonchev–Trinajstić information content (AvgIpc) is 3.14. The van der Waals surface area contributed by atoms with Crippen LogP contribution in [0.4, 0.5) is 18.0 Å². The standard InChI is InChI=1S/C21H21F3N6O2/c1-5-32-17-7-6-12(8-13(17)21(22,23)24)14-9-15-19(16(10-25)26-14)28-18(27-15)11-30(4)20(31)29(2)3/h6-9H,5,11H2,1-4H3,(H,27,28). The fourth-order valence-electron chi connectivity index (χ4n) is 3.19. The zero-order chi connectivity index (χ0) is 23.6. The molecule has 0 radical (unpaired) electrons. The number of urea groups is 1. The summed E-state index contributed by atoms with van der Waals surface area (Å²) in [5.41, 5.74) is 0.0924. The topological polar surface area (TPSA) is 98.1 Å². The van der Waals surface area contributed by atoms with E-state index in [0.29, 0.717) is 11.3 Å². The van der Waals surface area contributed by atoms with E-state index in [1.54, 1.807) is 28.1 Å². The number of carbonyl (C=O) groups excluding carboxylic acids is 1. The lowest BCUT2D eigenvalue weighted by Crippen LogP contribution is -2.36. The van der Waals surface area contributed by atoms with Gasteiger partial charge in [-0.1, -0.05) is 0 Å². The van der Waals surface area contributed by atoms with Gasteiger partial charge in [0.25, 0.3) is 0 Å². The lowest BCUT2D eigenvalue weighted by molar-refractivity contribution is -0.138. The van der Waals surface area contributed by atoms with Crippen LogP contribution in [0.15, 0.2) is 24.3 Å². The van der Waals surface area contributed by atoms with E-state index in [2.05, 4.69) is 15.0 Å². The van der Waals surface area contributed by atoms with Crippen LogP contribution in [0, 0.1) is 11.3 Å². The number of fused-ring (bicyclic) bond motifs is 1. The van der Waals surface area contributed by atoms with Gasteiger partial charge >= 0.3 is 12.2 Å². The largest absolute Gasteiger partial charge is 0.493 e. The van der Waals surface area contributed by atoms with Crippen molar-refractivity contribution in [2.45, 2.75) is 19.6 Å². The van der Waals surface area contributed by atoms with Crippen molar-refractivity contribution >= 4 is 17.1 Å².